The van der Waals surface area contributed by atoms with Crippen LogP contribution in [-0.2, 0) is 16.0 Å². The van der Waals surface area contributed by atoms with Gasteiger partial charge in [-0.2, -0.15) is 0 Å². The largest absolute Gasteiger partial charge is 0.375 e. The average Bonchev–Trinajstić information content (AvgIpc) is 3.03. The number of benzene rings is 1. The van der Waals surface area contributed by atoms with Gasteiger partial charge in [-0.1, -0.05) is 43.2 Å². The summed E-state index contributed by atoms with van der Waals surface area (Å²) in [7, 11) is 0. The van der Waals surface area contributed by atoms with Gasteiger partial charge in [-0.15, -0.1) is 0 Å². The van der Waals surface area contributed by atoms with E-state index in [0.29, 0.717) is 11.5 Å². The Kier molecular flexibility index (Phi) is 6.06. The molecule has 1 heterocycles. The number of nitrogens with zero attached hydrogens (tertiary/aromatic N) is 1. The molecular formula is C23H35NO2. The Balaban J connectivity index is 1.67. The molecule has 0 bridgehead atoms. The lowest BCUT2D eigenvalue weighted by atomic mass is 9.77. The molecule has 1 amide bonds. The molecule has 3 nitrogen and oxygen atoms in total. The van der Waals surface area contributed by atoms with Crippen LogP contribution in [0, 0.1) is 5.41 Å². The quantitative estimate of drug-likeness (QED) is 0.718. The second kappa shape index (κ2) is 8.12. The van der Waals surface area contributed by atoms with Crippen LogP contribution in [0.15, 0.2) is 30.3 Å². The number of carbonyl (C=O) groups is 1. The van der Waals surface area contributed by atoms with Crippen LogP contribution in [0.5, 0.6) is 0 Å². The van der Waals surface area contributed by atoms with Gasteiger partial charge in [-0.05, 0) is 63.4 Å². The normalized spacial score (nSPS) is 24.3. The van der Waals surface area contributed by atoms with Gasteiger partial charge in [0.25, 0.3) is 0 Å². The molecule has 0 aromatic heterocycles. The van der Waals surface area contributed by atoms with Crippen molar-refractivity contribution in [3.63, 3.8) is 0 Å². The Bertz CT molecular complexity index is 589. The molecule has 1 aromatic carbocycles. The Morgan fingerprint density at radius 3 is 2.50 bits per heavy atom. The molecule has 1 aliphatic heterocycles. The summed E-state index contributed by atoms with van der Waals surface area (Å²) in [5.74, 6) is 0.223. The van der Waals surface area contributed by atoms with Gasteiger partial charge in [0.05, 0.1) is 5.60 Å². The first-order valence-corrected chi connectivity index (χ1v) is 10.3. The van der Waals surface area contributed by atoms with Gasteiger partial charge >= 0.3 is 0 Å². The molecule has 0 unspecified atom stereocenters. The minimum Gasteiger partial charge on any atom is -0.375 e. The Hall–Kier alpha value is -1.35. The van der Waals surface area contributed by atoms with Gasteiger partial charge in [0.15, 0.2) is 0 Å². The molecule has 0 radical (unpaired) electrons. The van der Waals surface area contributed by atoms with Gasteiger partial charge in [-0.3, -0.25) is 4.79 Å². The van der Waals surface area contributed by atoms with Crippen LogP contribution >= 0.6 is 0 Å². The third-order valence-corrected chi connectivity index (χ3v) is 6.49. The number of ether oxygens (including phenoxy) is 1. The fourth-order valence-corrected chi connectivity index (χ4v) is 5.09. The summed E-state index contributed by atoms with van der Waals surface area (Å²) >= 11 is 0. The summed E-state index contributed by atoms with van der Waals surface area (Å²) in [5.41, 5.74) is 1.69. The van der Waals surface area contributed by atoms with Crippen LogP contribution in [0.2, 0.25) is 0 Å². The van der Waals surface area contributed by atoms with E-state index in [1.807, 2.05) is 0 Å². The summed E-state index contributed by atoms with van der Waals surface area (Å²) in [5, 5.41) is 0. The van der Waals surface area contributed by atoms with Crippen LogP contribution < -0.4 is 0 Å². The standard InChI is InChI=1S/C23H35NO2/c1-19(25)24(21-11-16-26-22(2,3)18-21)15-14-23(12-7-8-13-23)17-20-9-5-4-6-10-20/h4-6,9-10,21H,7-8,11-18H2,1-3H3/t21-/m0/s1. The molecule has 2 fully saturated rings. The molecule has 0 spiro atoms. The lowest BCUT2D eigenvalue weighted by molar-refractivity contribution is -0.138. The van der Waals surface area contributed by atoms with E-state index in [2.05, 4.69) is 49.1 Å². The van der Waals surface area contributed by atoms with Crippen LogP contribution in [0.3, 0.4) is 0 Å². The zero-order valence-corrected chi connectivity index (χ0v) is 16.8. The van der Waals surface area contributed by atoms with Gasteiger partial charge in [0.1, 0.15) is 0 Å². The highest BCUT2D eigenvalue weighted by molar-refractivity contribution is 5.73. The van der Waals surface area contributed by atoms with Crippen LogP contribution in [0.4, 0.5) is 0 Å². The molecule has 3 rings (SSSR count). The summed E-state index contributed by atoms with van der Waals surface area (Å²) in [6.07, 6.45) is 9.44. The molecular weight excluding hydrogens is 322 g/mol. The summed E-state index contributed by atoms with van der Waals surface area (Å²) < 4.78 is 5.86. The minimum atomic E-state index is -0.119. The van der Waals surface area contributed by atoms with E-state index in [1.54, 1.807) is 6.92 Å². The molecule has 0 N–H and O–H groups in total. The maximum Gasteiger partial charge on any atom is 0.219 e. The average molecular weight is 358 g/mol. The first kappa shape index (κ1) is 19.4. The summed E-state index contributed by atoms with van der Waals surface area (Å²) in [4.78, 5) is 14.6. The third kappa shape index (κ3) is 4.88. The number of amides is 1. The van der Waals surface area contributed by atoms with Crippen molar-refractivity contribution in [3.05, 3.63) is 35.9 Å². The van der Waals surface area contributed by atoms with Crippen molar-refractivity contribution < 1.29 is 9.53 Å². The second-order valence-electron chi connectivity index (χ2n) is 9.09. The Morgan fingerprint density at radius 2 is 1.88 bits per heavy atom. The maximum atomic E-state index is 12.4. The van der Waals surface area contributed by atoms with E-state index in [1.165, 1.54) is 31.2 Å². The Morgan fingerprint density at radius 1 is 1.19 bits per heavy atom. The highest BCUT2D eigenvalue weighted by Crippen LogP contribution is 2.44. The monoisotopic (exact) mass is 357 g/mol. The first-order valence-electron chi connectivity index (χ1n) is 10.3. The lowest BCUT2D eigenvalue weighted by Gasteiger charge is -2.42. The predicted molar refractivity (Wildman–Crippen MR) is 106 cm³/mol. The zero-order chi connectivity index (χ0) is 18.6. The molecule has 26 heavy (non-hydrogen) atoms. The van der Waals surface area contributed by atoms with E-state index < -0.39 is 0 Å². The fourth-order valence-electron chi connectivity index (χ4n) is 5.09. The van der Waals surface area contributed by atoms with Crippen LogP contribution in [0.1, 0.15) is 71.3 Å². The smallest absolute Gasteiger partial charge is 0.219 e. The molecule has 1 aromatic rings. The van der Waals surface area contributed by atoms with Crippen molar-refractivity contribution in [3.8, 4) is 0 Å². The van der Waals surface area contributed by atoms with Crippen molar-refractivity contribution >= 4 is 5.91 Å². The van der Waals surface area contributed by atoms with Crippen LogP contribution in [0.25, 0.3) is 0 Å². The van der Waals surface area contributed by atoms with E-state index >= 15 is 0 Å². The second-order valence-corrected chi connectivity index (χ2v) is 9.09. The van der Waals surface area contributed by atoms with Gasteiger partial charge < -0.3 is 9.64 Å². The summed E-state index contributed by atoms with van der Waals surface area (Å²) in [6.45, 7) is 7.68. The minimum absolute atomic E-state index is 0.119. The topological polar surface area (TPSA) is 29.5 Å². The van der Waals surface area contributed by atoms with E-state index in [0.717, 1.165) is 38.8 Å². The van der Waals surface area contributed by atoms with Gasteiger partial charge in [0.2, 0.25) is 5.91 Å². The molecule has 3 heteroatoms. The SMILES string of the molecule is CC(=O)N(CCC1(Cc2ccccc2)CCCC1)[C@H]1CCOC(C)(C)C1. The zero-order valence-electron chi connectivity index (χ0n) is 16.8. The number of carbonyl (C=O) groups excluding carboxylic acids is 1. The van der Waals surface area contributed by atoms with E-state index in [9.17, 15) is 4.79 Å². The Labute approximate surface area is 159 Å². The molecule has 1 saturated heterocycles. The molecule has 144 valence electrons. The van der Waals surface area contributed by atoms with Crippen molar-refractivity contribution in [2.75, 3.05) is 13.2 Å². The maximum absolute atomic E-state index is 12.4. The first-order chi connectivity index (χ1) is 12.4. The number of rotatable bonds is 6. The highest BCUT2D eigenvalue weighted by Gasteiger charge is 2.37. The highest BCUT2D eigenvalue weighted by atomic mass is 16.5. The fraction of sp³-hybridized carbons (Fsp3) is 0.696. The van der Waals surface area contributed by atoms with Gasteiger partial charge in [0, 0.05) is 26.1 Å². The van der Waals surface area contributed by atoms with Crippen molar-refractivity contribution in [1.82, 2.24) is 4.90 Å². The van der Waals surface area contributed by atoms with Crippen LogP contribution in [-0.4, -0.2) is 35.6 Å². The van der Waals surface area contributed by atoms with Crippen molar-refractivity contribution in [2.45, 2.75) is 83.8 Å². The molecule has 2 aliphatic rings. The third-order valence-electron chi connectivity index (χ3n) is 6.49. The van der Waals surface area contributed by atoms with E-state index in [4.69, 9.17) is 4.74 Å². The number of hydrogen-bond acceptors (Lipinski definition) is 2. The summed E-state index contributed by atoms with van der Waals surface area (Å²) in [6, 6.07) is 11.2. The van der Waals surface area contributed by atoms with Crippen molar-refractivity contribution in [1.29, 1.82) is 0 Å². The number of hydrogen-bond donors (Lipinski definition) is 0. The predicted octanol–water partition coefficient (Wildman–Crippen LogP) is 4.99. The molecule has 1 atom stereocenters. The van der Waals surface area contributed by atoms with E-state index in [-0.39, 0.29) is 11.5 Å². The van der Waals surface area contributed by atoms with Crippen molar-refractivity contribution in [2.24, 2.45) is 5.41 Å². The lowest BCUT2D eigenvalue weighted by Crippen LogP contribution is -2.48. The molecule has 1 saturated carbocycles. The molecule has 1 aliphatic carbocycles. The van der Waals surface area contributed by atoms with Gasteiger partial charge in [-0.25, -0.2) is 0 Å².